The molecule has 1 saturated carbocycles. The first-order valence-electron chi connectivity index (χ1n) is 7.87. The molecule has 1 aromatic rings. The van der Waals surface area contributed by atoms with E-state index in [1.165, 1.54) is 12.8 Å². The van der Waals surface area contributed by atoms with E-state index in [4.69, 9.17) is 9.72 Å². The molecule has 1 N–H and O–H groups in total. The van der Waals surface area contributed by atoms with E-state index in [-0.39, 0.29) is 11.2 Å². The minimum Gasteiger partial charge on any atom is -0.367 e. The molecule has 4 heteroatoms. The number of aryl methyl sites for hydroxylation is 1. The maximum atomic E-state index is 12.1. The number of hydrogen-bond donors (Lipinski definition) is 1. The zero-order chi connectivity index (χ0) is 14.6. The van der Waals surface area contributed by atoms with Crippen LogP contribution in [0.4, 0.5) is 0 Å². The molecule has 0 aliphatic heterocycles. The van der Waals surface area contributed by atoms with Crippen molar-refractivity contribution >= 4 is 0 Å². The van der Waals surface area contributed by atoms with Gasteiger partial charge in [0.05, 0.1) is 5.69 Å². The summed E-state index contributed by atoms with van der Waals surface area (Å²) < 4.78 is 6.10. The van der Waals surface area contributed by atoms with E-state index in [1.807, 2.05) is 20.8 Å². The second-order valence-electron chi connectivity index (χ2n) is 5.68. The van der Waals surface area contributed by atoms with Crippen LogP contribution in [-0.4, -0.2) is 16.6 Å². The Bertz CT molecular complexity index is 500. The molecule has 2 rings (SSSR count). The summed E-state index contributed by atoms with van der Waals surface area (Å²) in [5, 5.41) is 0. The number of rotatable bonds is 4. The lowest BCUT2D eigenvalue weighted by atomic mass is 9.92. The Balaban J connectivity index is 2.48. The number of nitrogens with one attached hydrogen (secondary N) is 1. The van der Waals surface area contributed by atoms with Crippen LogP contribution in [0.5, 0.6) is 0 Å². The Hall–Kier alpha value is -1.16. The van der Waals surface area contributed by atoms with Gasteiger partial charge in [-0.1, -0.05) is 32.6 Å². The molecule has 1 aliphatic rings. The van der Waals surface area contributed by atoms with Gasteiger partial charge < -0.3 is 9.72 Å². The molecule has 1 aromatic heterocycles. The van der Waals surface area contributed by atoms with Gasteiger partial charge in [0.25, 0.3) is 5.56 Å². The normalized spacial score (nSPS) is 18.8. The van der Waals surface area contributed by atoms with Crippen molar-refractivity contribution in [1.29, 1.82) is 0 Å². The minimum atomic E-state index is -0.387. The molecular weight excluding hydrogens is 252 g/mol. The van der Waals surface area contributed by atoms with Gasteiger partial charge >= 0.3 is 0 Å². The average molecular weight is 278 g/mol. The van der Waals surface area contributed by atoms with Gasteiger partial charge in [-0.15, -0.1) is 0 Å². The Morgan fingerprint density at radius 3 is 2.40 bits per heavy atom. The highest BCUT2D eigenvalue weighted by atomic mass is 16.5. The first-order chi connectivity index (χ1) is 9.63. The van der Waals surface area contributed by atoms with Gasteiger partial charge in [-0.25, -0.2) is 4.98 Å². The summed E-state index contributed by atoms with van der Waals surface area (Å²) in [4.78, 5) is 19.9. The SMILES string of the molecule is CCOC1(c2nc(CC)c(C)c(=O)[nH]2)CCCCCC1. The summed E-state index contributed by atoms with van der Waals surface area (Å²) in [6.45, 7) is 6.55. The number of hydrogen-bond acceptors (Lipinski definition) is 3. The highest BCUT2D eigenvalue weighted by Crippen LogP contribution is 2.37. The van der Waals surface area contributed by atoms with Crippen LogP contribution in [-0.2, 0) is 16.8 Å². The summed E-state index contributed by atoms with van der Waals surface area (Å²) >= 11 is 0. The summed E-state index contributed by atoms with van der Waals surface area (Å²) in [5.74, 6) is 0.744. The van der Waals surface area contributed by atoms with Crippen molar-refractivity contribution in [1.82, 2.24) is 9.97 Å². The Morgan fingerprint density at radius 1 is 1.20 bits per heavy atom. The predicted molar refractivity (Wildman–Crippen MR) is 80.0 cm³/mol. The number of aromatic nitrogens is 2. The summed E-state index contributed by atoms with van der Waals surface area (Å²) in [6, 6.07) is 0. The second-order valence-corrected chi connectivity index (χ2v) is 5.68. The zero-order valence-corrected chi connectivity index (χ0v) is 12.9. The maximum absolute atomic E-state index is 12.1. The number of nitrogens with zero attached hydrogens (tertiary/aromatic N) is 1. The molecule has 0 bridgehead atoms. The van der Waals surface area contributed by atoms with E-state index in [0.717, 1.165) is 49.2 Å². The number of ether oxygens (including phenoxy) is 1. The molecule has 0 spiro atoms. The van der Waals surface area contributed by atoms with Gasteiger partial charge in [0, 0.05) is 12.2 Å². The molecule has 0 atom stereocenters. The molecule has 0 aromatic carbocycles. The van der Waals surface area contributed by atoms with Crippen LogP contribution in [0.15, 0.2) is 4.79 Å². The maximum Gasteiger partial charge on any atom is 0.254 e. The summed E-state index contributed by atoms with van der Waals surface area (Å²) in [7, 11) is 0. The first-order valence-corrected chi connectivity index (χ1v) is 7.87. The molecule has 1 heterocycles. The zero-order valence-electron chi connectivity index (χ0n) is 12.9. The monoisotopic (exact) mass is 278 g/mol. The van der Waals surface area contributed by atoms with Gasteiger partial charge in [0.2, 0.25) is 0 Å². The van der Waals surface area contributed by atoms with Crippen LogP contribution >= 0.6 is 0 Å². The van der Waals surface area contributed by atoms with Gasteiger partial charge in [0.1, 0.15) is 11.4 Å². The summed E-state index contributed by atoms with van der Waals surface area (Å²) in [6.07, 6.45) is 7.45. The van der Waals surface area contributed by atoms with Crippen LogP contribution in [0.1, 0.15) is 69.5 Å². The topological polar surface area (TPSA) is 55.0 Å². The van der Waals surface area contributed by atoms with E-state index >= 15 is 0 Å². The Morgan fingerprint density at radius 2 is 1.85 bits per heavy atom. The lowest BCUT2D eigenvalue weighted by Gasteiger charge is -2.32. The third kappa shape index (κ3) is 2.95. The molecule has 1 fully saturated rings. The fourth-order valence-electron chi connectivity index (χ4n) is 3.16. The predicted octanol–water partition coefficient (Wildman–Crippen LogP) is 3.23. The first kappa shape index (κ1) is 15.2. The Labute approximate surface area is 121 Å². The van der Waals surface area contributed by atoms with Crippen molar-refractivity contribution < 1.29 is 4.74 Å². The van der Waals surface area contributed by atoms with Crippen LogP contribution < -0.4 is 5.56 Å². The molecule has 1 aliphatic carbocycles. The van der Waals surface area contributed by atoms with Crippen LogP contribution in [0.25, 0.3) is 0 Å². The Kier molecular flexibility index (Phi) is 4.97. The number of H-pyrrole nitrogens is 1. The van der Waals surface area contributed by atoms with Crippen LogP contribution in [0.2, 0.25) is 0 Å². The standard InChI is InChI=1S/C16H26N2O2/c1-4-13-12(3)14(19)18-15(17-13)16(20-5-2)10-8-6-7-9-11-16/h4-11H2,1-3H3,(H,17,18,19). The molecule has 0 unspecified atom stereocenters. The van der Waals surface area contributed by atoms with Gasteiger partial charge in [-0.3, -0.25) is 4.79 Å². The highest BCUT2D eigenvalue weighted by Gasteiger charge is 2.36. The van der Waals surface area contributed by atoms with E-state index < -0.39 is 0 Å². The second kappa shape index (κ2) is 6.53. The van der Waals surface area contributed by atoms with Crippen molar-refractivity contribution in [2.24, 2.45) is 0 Å². The van der Waals surface area contributed by atoms with Crippen LogP contribution in [0, 0.1) is 6.92 Å². The smallest absolute Gasteiger partial charge is 0.254 e. The van der Waals surface area contributed by atoms with Gasteiger partial charge in [0.15, 0.2) is 0 Å². The van der Waals surface area contributed by atoms with Crippen molar-refractivity contribution in [3.05, 3.63) is 27.4 Å². The molecule has 4 nitrogen and oxygen atoms in total. The molecule has 0 amide bonds. The van der Waals surface area contributed by atoms with E-state index in [9.17, 15) is 4.79 Å². The van der Waals surface area contributed by atoms with E-state index in [1.54, 1.807) is 0 Å². The molecule has 20 heavy (non-hydrogen) atoms. The minimum absolute atomic E-state index is 0.0184. The molecule has 0 radical (unpaired) electrons. The van der Waals surface area contributed by atoms with Crippen LogP contribution in [0.3, 0.4) is 0 Å². The summed E-state index contributed by atoms with van der Waals surface area (Å²) in [5.41, 5.74) is 1.22. The lowest BCUT2D eigenvalue weighted by molar-refractivity contribution is -0.0627. The fraction of sp³-hybridized carbons (Fsp3) is 0.750. The average Bonchev–Trinajstić information content (AvgIpc) is 2.68. The van der Waals surface area contributed by atoms with Gasteiger partial charge in [-0.2, -0.15) is 0 Å². The van der Waals surface area contributed by atoms with Gasteiger partial charge in [-0.05, 0) is 33.1 Å². The highest BCUT2D eigenvalue weighted by molar-refractivity contribution is 5.18. The molecule has 112 valence electrons. The largest absolute Gasteiger partial charge is 0.367 e. The fourth-order valence-corrected chi connectivity index (χ4v) is 3.16. The molecular formula is C16H26N2O2. The van der Waals surface area contributed by atoms with E-state index in [2.05, 4.69) is 4.98 Å². The van der Waals surface area contributed by atoms with E-state index in [0.29, 0.717) is 6.61 Å². The van der Waals surface area contributed by atoms with Crippen molar-refractivity contribution in [2.75, 3.05) is 6.61 Å². The third-order valence-corrected chi connectivity index (χ3v) is 4.35. The van der Waals surface area contributed by atoms with Crippen molar-refractivity contribution in [3.8, 4) is 0 Å². The third-order valence-electron chi connectivity index (χ3n) is 4.35. The molecule has 0 saturated heterocycles. The van der Waals surface area contributed by atoms with Crippen molar-refractivity contribution in [2.45, 2.75) is 71.3 Å². The van der Waals surface area contributed by atoms with Crippen molar-refractivity contribution in [3.63, 3.8) is 0 Å². The quantitative estimate of drug-likeness (QED) is 0.860. The number of aromatic amines is 1. The lowest BCUT2D eigenvalue weighted by Crippen LogP contribution is -2.35.